The van der Waals surface area contributed by atoms with Gasteiger partial charge in [-0.1, -0.05) is 6.07 Å². The lowest BCUT2D eigenvalue weighted by molar-refractivity contribution is 0.168. The molecule has 9 heteroatoms. The smallest absolute Gasteiger partial charge is 0.252 e. The molecule has 0 unspecified atom stereocenters. The molecule has 0 saturated carbocycles. The van der Waals surface area contributed by atoms with Crippen molar-refractivity contribution in [2.45, 2.75) is 29.7 Å². The number of thiophene rings is 1. The molecule has 0 atom stereocenters. The number of aromatic nitrogens is 3. The number of ether oxygens (including phenoxy) is 1. The highest BCUT2D eigenvalue weighted by atomic mass is 32.2. The average molecular weight is 393 g/mol. The van der Waals surface area contributed by atoms with E-state index in [2.05, 4.69) is 14.5 Å². The lowest BCUT2D eigenvalue weighted by Crippen LogP contribution is -2.39. The SMILES string of the molecule is COCc1nc2cccnc2n1C1CCN(S(=O)(=O)c2cccs2)CC1. The Labute approximate surface area is 156 Å². The van der Waals surface area contributed by atoms with E-state index in [9.17, 15) is 8.42 Å². The van der Waals surface area contributed by atoms with Gasteiger partial charge in [-0.05, 0) is 36.4 Å². The second-order valence-electron chi connectivity index (χ2n) is 6.24. The van der Waals surface area contributed by atoms with Gasteiger partial charge in [-0.2, -0.15) is 4.31 Å². The van der Waals surface area contributed by atoms with Crippen LogP contribution in [0.25, 0.3) is 11.2 Å². The molecule has 138 valence electrons. The maximum absolute atomic E-state index is 12.7. The number of pyridine rings is 1. The first-order chi connectivity index (χ1) is 12.6. The maximum Gasteiger partial charge on any atom is 0.252 e. The number of fused-ring (bicyclic) bond motifs is 1. The normalized spacial score (nSPS) is 17.1. The lowest BCUT2D eigenvalue weighted by Gasteiger charge is -2.32. The molecule has 3 aromatic rings. The van der Waals surface area contributed by atoms with Gasteiger partial charge in [0.1, 0.15) is 22.2 Å². The van der Waals surface area contributed by atoms with Gasteiger partial charge in [0.15, 0.2) is 5.65 Å². The predicted octanol–water partition coefficient (Wildman–Crippen LogP) is 2.67. The zero-order valence-corrected chi connectivity index (χ0v) is 16.0. The first kappa shape index (κ1) is 17.6. The molecule has 0 aliphatic carbocycles. The Morgan fingerprint density at radius 3 is 2.77 bits per heavy atom. The summed E-state index contributed by atoms with van der Waals surface area (Å²) in [6, 6.07) is 7.40. The summed E-state index contributed by atoms with van der Waals surface area (Å²) >= 11 is 1.26. The highest BCUT2D eigenvalue weighted by Crippen LogP contribution is 2.31. The van der Waals surface area contributed by atoms with Crippen molar-refractivity contribution in [3.8, 4) is 0 Å². The van der Waals surface area contributed by atoms with Gasteiger partial charge in [0.05, 0.1) is 0 Å². The van der Waals surface area contributed by atoms with E-state index in [0.29, 0.717) is 23.9 Å². The fraction of sp³-hybridized carbons (Fsp3) is 0.412. The van der Waals surface area contributed by atoms with Crippen molar-refractivity contribution < 1.29 is 13.2 Å². The maximum atomic E-state index is 12.7. The van der Waals surface area contributed by atoms with Crippen LogP contribution in [-0.2, 0) is 21.4 Å². The molecular weight excluding hydrogens is 372 g/mol. The second-order valence-corrected chi connectivity index (χ2v) is 9.36. The van der Waals surface area contributed by atoms with Gasteiger partial charge in [-0.3, -0.25) is 0 Å². The van der Waals surface area contributed by atoms with E-state index < -0.39 is 10.0 Å². The fourth-order valence-corrected chi connectivity index (χ4v) is 6.08. The van der Waals surface area contributed by atoms with Gasteiger partial charge < -0.3 is 9.30 Å². The summed E-state index contributed by atoms with van der Waals surface area (Å²) in [7, 11) is -1.74. The van der Waals surface area contributed by atoms with Crippen LogP contribution in [0, 0.1) is 0 Å². The van der Waals surface area contributed by atoms with Crippen LogP contribution in [0.2, 0.25) is 0 Å². The third kappa shape index (κ3) is 3.05. The van der Waals surface area contributed by atoms with Crippen molar-refractivity contribution in [1.29, 1.82) is 0 Å². The molecule has 0 bridgehead atoms. The molecule has 26 heavy (non-hydrogen) atoms. The zero-order chi connectivity index (χ0) is 18.1. The van der Waals surface area contributed by atoms with Crippen molar-refractivity contribution in [2.24, 2.45) is 0 Å². The number of nitrogens with zero attached hydrogens (tertiary/aromatic N) is 4. The number of piperidine rings is 1. The van der Waals surface area contributed by atoms with Crippen molar-refractivity contribution in [3.05, 3.63) is 41.7 Å². The van der Waals surface area contributed by atoms with Crippen LogP contribution in [0.5, 0.6) is 0 Å². The molecule has 0 N–H and O–H groups in total. The van der Waals surface area contributed by atoms with Gasteiger partial charge in [-0.25, -0.2) is 18.4 Å². The van der Waals surface area contributed by atoms with Crippen LogP contribution in [0.1, 0.15) is 24.7 Å². The monoisotopic (exact) mass is 392 g/mol. The number of methoxy groups -OCH3 is 1. The molecule has 4 heterocycles. The number of hydrogen-bond acceptors (Lipinski definition) is 6. The highest BCUT2D eigenvalue weighted by molar-refractivity contribution is 7.91. The quantitative estimate of drug-likeness (QED) is 0.667. The van der Waals surface area contributed by atoms with Crippen molar-refractivity contribution in [1.82, 2.24) is 18.8 Å². The topological polar surface area (TPSA) is 77.3 Å². The summed E-state index contributed by atoms with van der Waals surface area (Å²) < 4.78 is 34.8. The molecule has 1 fully saturated rings. The molecule has 4 rings (SSSR count). The molecule has 0 amide bonds. The molecule has 1 saturated heterocycles. The first-order valence-electron chi connectivity index (χ1n) is 8.45. The van der Waals surface area contributed by atoms with Gasteiger partial charge in [-0.15, -0.1) is 11.3 Å². The molecule has 0 radical (unpaired) electrons. The third-order valence-electron chi connectivity index (χ3n) is 4.67. The van der Waals surface area contributed by atoms with E-state index in [1.54, 1.807) is 35.1 Å². The summed E-state index contributed by atoms with van der Waals surface area (Å²) in [5.74, 6) is 0.834. The molecular formula is C17H20N4O3S2. The number of rotatable bonds is 5. The van der Waals surface area contributed by atoms with Crippen LogP contribution in [0.3, 0.4) is 0 Å². The molecule has 0 aromatic carbocycles. The lowest BCUT2D eigenvalue weighted by atomic mass is 10.1. The Bertz CT molecular complexity index is 990. The van der Waals surface area contributed by atoms with Crippen molar-refractivity contribution in [2.75, 3.05) is 20.2 Å². The minimum atomic E-state index is -3.39. The zero-order valence-electron chi connectivity index (χ0n) is 14.4. The fourth-order valence-electron chi connectivity index (χ4n) is 3.47. The van der Waals surface area contributed by atoms with E-state index in [1.165, 1.54) is 11.3 Å². The Morgan fingerprint density at radius 2 is 2.08 bits per heavy atom. The van der Waals surface area contributed by atoms with Crippen LogP contribution in [0.4, 0.5) is 0 Å². The molecule has 0 spiro atoms. The van der Waals surface area contributed by atoms with Gasteiger partial charge in [0.25, 0.3) is 10.0 Å². The molecule has 7 nitrogen and oxygen atoms in total. The standard InChI is InChI=1S/C17H20N4O3S2/c1-24-12-15-19-14-4-2-8-18-17(14)21(15)13-6-9-20(10-7-13)26(22,23)16-5-3-11-25-16/h2-5,8,11,13H,6-7,9-10,12H2,1H3. The van der Waals surface area contributed by atoms with Crippen LogP contribution in [-0.4, -0.2) is 47.5 Å². The Kier molecular flexibility index (Phi) is 4.78. The highest BCUT2D eigenvalue weighted by Gasteiger charge is 2.32. The summed E-state index contributed by atoms with van der Waals surface area (Å²) in [6.45, 7) is 1.39. The predicted molar refractivity (Wildman–Crippen MR) is 99.6 cm³/mol. The Morgan fingerprint density at radius 1 is 1.27 bits per heavy atom. The second kappa shape index (κ2) is 7.07. The Hall–Kier alpha value is -1.81. The molecule has 1 aliphatic heterocycles. The van der Waals surface area contributed by atoms with E-state index in [1.807, 2.05) is 12.1 Å². The summed E-state index contributed by atoms with van der Waals surface area (Å²) in [4.78, 5) is 9.11. The number of sulfonamides is 1. The van der Waals surface area contributed by atoms with E-state index >= 15 is 0 Å². The number of hydrogen-bond donors (Lipinski definition) is 0. The van der Waals surface area contributed by atoms with Crippen LogP contribution < -0.4 is 0 Å². The molecule has 3 aromatic heterocycles. The minimum Gasteiger partial charge on any atom is -0.377 e. The first-order valence-corrected chi connectivity index (χ1v) is 10.8. The van der Waals surface area contributed by atoms with Gasteiger partial charge >= 0.3 is 0 Å². The summed E-state index contributed by atoms with van der Waals surface area (Å²) in [5.41, 5.74) is 1.67. The van der Waals surface area contributed by atoms with Crippen molar-refractivity contribution >= 4 is 32.5 Å². The van der Waals surface area contributed by atoms with Crippen LogP contribution in [0.15, 0.2) is 40.1 Å². The summed E-state index contributed by atoms with van der Waals surface area (Å²) in [5, 5.41) is 1.79. The Balaban J connectivity index is 1.59. The number of imidazole rings is 1. The van der Waals surface area contributed by atoms with Gasteiger partial charge in [0, 0.05) is 32.4 Å². The van der Waals surface area contributed by atoms with E-state index in [0.717, 1.165) is 29.8 Å². The minimum absolute atomic E-state index is 0.162. The van der Waals surface area contributed by atoms with E-state index in [4.69, 9.17) is 4.74 Å². The third-order valence-corrected chi connectivity index (χ3v) is 7.94. The average Bonchev–Trinajstić information content (AvgIpc) is 3.30. The largest absolute Gasteiger partial charge is 0.377 e. The van der Waals surface area contributed by atoms with Crippen molar-refractivity contribution in [3.63, 3.8) is 0 Å². The van der Waals surface area contributed by atoms with E-state index in [-0.39, 0.29) is 6.04 Å². The summed E-state index contributed by atoms with van der Waals surface area (Å²) in [6.07, 6.45) is 3.21. The molecule has 1 aliphatic rings. The van der Waals surface area contributed by atoms with Gasteiger partial charge in [0.2, 0.25) is 0 Å². The van der Waals surface area contributed by atoms with Crippen LogP contribution >= 0.6 is 11.3 Å².